The molecule has 2 aromatic rings. The summed E-state index contributed by atoms with van der Waals surface area (Å²) in [6.45, 7) is 1.91. The van der Waals surface area contributed by atoms with Crippen molar-refractivity contribution in [3.63, 3.8) is 0 Å². The van der Waals surface area contributed by atoms with Gasteiger partial charge >= 0.3 is 0 Å². The fraction of sp³-hybridized carbons (Fsp3) is 0.273. The van der Waals surface area contributed by atoms with Crippen molar-refractivity contribution in [1.29, 1.82) is 0 Å². The lowest BCUT2D eigenvalue weighted by molar-refractivity contribution is 0.641. The first-order valence-corrected chi connectivity index (χ1v) is 5.70. The quantitative estimate of drug-likeness (QED) is 0.757. The summed E-state index contributed by atoms with van der Waals surface area (Å²) in [5.41, 5.74) is 3.60. The maximum absolute atomic E-state index is 6.15. The Balaban J connectivity index is 0.000000963. The average Bonchev–Trinajstić information content (AvgIpc) is 2.57. The van der Waals surface area contributed by atoms with Crippen molar-refractivity contribution in [3.05, 3.63) is 33.4 Å². The minimum atomic E-state index is 0. The number of benzene rings is 1. The van der Waals surface area contributed by atoms with Crippen molar-refractivity contribution in [2.24, 2.45) is 0 Å². The number of nitrogens with one attached hydrogen (secondary N) is 2. The Hall–Kier alpha value is -0.410. The molecule has 2 heterocycles. The first-order valence-electron chi connectivity index (χ1n) is 4.95. The minimum Gasteiger partial charge on any atom is -0.357 e. The van der Waals surface area contributed by atoms with E-state index in [1.807, 2.05) is 6.07 Å². The van der Waals surface area contributed by atoms with E-state index < -0.39 is 0 Å². The van der Waals surface area contributed by atoms with E-state index in [0.717, 1.165) is 30.4 Å². The molecule has 2 N–H and O–H groups in total. The highest BCUT2D eigenvalue weighted by molar-refractivity contribution is 6.38. The Morgan fingerprint density at radius 3 is 2.81 bits per heavy atom. The zero-order valence-corrected chi connectivity index (χ0v) is 10.8. The fourth-order valence-electron chi connectivity index (χ4n) is 2.17. The molecule has 0 saturated carbocycles. The first kappa shape index (κ1) is 12.1. The maximum Gasteiger partial charge on any atom is 0.0662 e. The van der Waals surface area contributed by atoms with Crippen LogP contribution in [0.2, 0.25) is 10.0 Å². The Bertz CT molecular complexity index is 533. The number of aromatic nitrogens is 1. The molecule has 0 unspecified atom stereocenters. The zero-order valence-electron chi connectivity index (χ0n) is 8.44. The van der Waals surface area contributed by atoms with Gasteiger partial charge in [-0.15, -0.1) is 12.4 Å². The van der Waals surface area contributed by atoms with Crippen LogP contribution < -0.4 is 5.32 Å². The van der Waals surface area contributed by atoms with Crippen LogP contribution in [0.3, 0.4) is 0 Å². The summed E-state index contributed by atoms with van der Waals surface area (Å²) in [4.78, 5) is 3.38. The van der Waals surface area contributed by atoms with Crippen LogP contribution in [0.25, 0.3) is 10.9 Å². The summed E-state index contributed by atoms with van der Waals surface area (Å²) < 4.78 is 0. The van der Waals surface area contributed by atoms with Gasteiger partial charge in [-0.1, -0.05) is 23.2 Å². The number of fused-ring (bicyclic) bond motifs is 3. The van der Waals surface area contributed by atoms with Crippen LogP contribution in [-0.4, -0.2) is 11.5 Å². The highest BCUT2D eigenvalue weighted by Gasteiger charge is 2.16. The van der Waals surface area contributed by atoms with Crippen molar-refractivity contribution in [3.8, 4) is 0 Å². The summed E-state index contributed by atoms with van der Waals surface area (Å²) in [5.74, 6) is 0. The fourth-order valence-corrected chi connectivity index (χ4v) is 2.71. The summed E-state index contributed by atoms with van der Waals surface area (Å²) in [7, 11) is 0. The number of rotatable bonds is 0. The van der Waals surface area contributed by atoms with E-state index in [1.54, 1.807) is 6.07 Å². The second kappa shape index (κ2) is 4.46. The van der Waals surface area contributed by atoms with Gasteiger partial charge in [0.1, 0.15) is 0 Å². The van der Waals surface area contributed by atoms with Crippen LogP contribution in [0.15, 0.2) is 12.1 Å². The molecule has 0 spiro atoms. The molecule has 3 rings (SSSR count). The van der Waals surface area contributed by atoms with Crippen LogP contribution in [0.5, 0.6) is 0 Å². The molecule has 5 heteroatoms. The van der Waals surface area contributed by atoms with Gasteiger partial charge in [0, 0.05) is 35.6 Å². The molecule has 0 fully saturated rings. The van der Waals surface area contributed by atoms with E-state index in [9.17, 15) is 0 Å². The molecule has 2 nitrogen and oxygen atoms in total. The molecule has 0 bridgehead atoms. The van der Waals surface area contributed by atoms with Gasteiger partial charge in [-0.2, -0.15) is 0 Å². The van der Waals surface area contributed by atoms with E-state index in [-0.39, 0.29) is 12.4 Å². The van der Waals surface area contributed by atoms with E-state index in [0.29, 0.717) is 10.0 Å². The van der Waals surface area contributed by atoms with Crippen LogP contribution in [0.4, 0.5) is 0 Å². The van der Waals surface area contributed by atoms with Gasteiger partial charge in [-0.25, -0.2) is 0 Å². The lowest BCUT2D eigenvalue weighted by atomic mass is 10.1. The van der Waals surface area contributed by atoms with Crippen LogP contribution in [0.1, 0.15) is 11.3 Å². The first-order chi connectivity index (χ1) is 7.25. The molecule has 0 aliphatic carbocycles. The topological polar surface area (TPSA) is 27.8 Å². The summed E-state index contributed by atoms with van der Waals surface area (Å²) in [6.07, 6.45) is 1.03. The Labute approximate surface area is 110 Å². The molecule has 0 saturated heterocycles. The predicted molar refractivity (Wildman–Crippen MR) is 71.0 cm³/mol. The third kappa shape index (κ3) is 1.80. The zero-order chi connectivity index (χ0) is 10.4. The number of aromatic amines is 1. The van der Waals surface area contributed by atoms with Crippen molar-refractivity contribution in [2.75, 3.05) is 6.54 Å². The molecule has 1 aromatic carbocycles. The normalized spacial score (nSPS) is 14.6. The minimum absolute atomic E-state index is 0. The van der Waals surface area contributed by atoms with Crippen molar-refractivity contribution in [2.45, 2.75) is 13.0 Å². The van der Waals surface area contributed by atoms with Gasteiger partial charge in [0.15, 0.2) is 0 Å². The summed E-state index contributed by atoms with van der Waals surface area (Å²) in [6, 6.07) is 3.76. The average molecular weight is 278 g/mol. The third-order valence-electron chi connectivity index (χ3n) is 2.87. The molecular weight excluding hydrogens is 266 g/mol. The lowest BCUT2D eigenvalue weighted by Crippen LogP contribution is -2.22. The Morgan fingerprint density at radius 2 is 2.00 bits per heavy atom. The third-order valence-corrected chi connectivity index (χ3v) is 3.39. The molecule has 1 aromatic heterocycles. The predicted octanol–water partition coefficient (Wildman–Crippen LogP) is 3.54. The Kier molecular flexibility index (Phi) is 3.36. The number of hydrogen-bond acceptors (Lipinski definition) is 1. The van der Waals surface area contributed by atoms with Gasteiger partial charge in [0.05, 0.1) is 10.5 Å². The van der Waals surface area contributed by atoms with E-state index in [4.69, 9.17) is 23.2 Å². The molecule has 86 valence electrons. The summed E-state index contributed by atoms with van der Waals surface area (Å²) in [5, 5.41) is 5.89. The van der Waals surface area contributed by atoms with Crippen LogP contribution in [-0.2, 0) is 13.0 Å². The monoisotopic (exact) mass is 276 g/mol. The van der Waals surface area contributed by atoms with Gasteiger partial charge < -0.3 is 10.3 Å². The van der Waals surface area contributed by atoms with Gasteiger partial charge in [0.25, 0.3) is 0 Å². The highest BCUT2D eigenvalue weighted by Crippen LogP contribution is 2.32. The number of halogens is 3. The molecular formula is C11H11Cl3N2. The highest BCUT2D eigenvalue weighted by atomic mass is 35.5. The van der Waals surface area contributed by atoms with Crippen LogP contribution >= 0.6 is 35.6 Å². The molecule has 1 aliphatic rings. The van der Waals surface area contributed by atoms with Gasteiger partial charge in [0.2, 0.25) is 0 Å². The molecule has 16 heavy (non-hydrogen) atoms. The molecule has 0 radical (unpaired) electrons. The molecule has 0 amide bonds. The number of hydrogen-bond donors (Lipinski definition) is 2. The standard InChI is InChI=1S/C11H10Cl2N2.ClH/c12-6-3-7-8-5-14-2-1-10(8)15-11(7)9(13)4-6;/h3-4,14-15H,1-2,5H2;1H. The Morgan fingerprint density at radius 1 is 1.19 bits per heavy atom. The SMILES string of the molecule is Cl.Clc1cc(Cl)c2[nH]c3c(c2c1)CNCC3. The van der Waals surface area contributed by atoms with E-state index >= 15 is 0 Å². The lowest BCUT2D eigenvalue weighted by Gasteiger charge is -2.12. The number of H-pyrrole nitrogens is 1. The van der Waals surface area contributed by atoms with Crippen molar-refractivity contribution < 1.29 is 0 Å². The second-order valence-electron chi connectivity index (χ2n) is 3.82. The van der Waals surface area contributed by atoms with Gasteiger partial charge in [-0.3, -0.25) is 0 Å². The van der Waals surface area contributed by atoms with E-state index in [1.165, 1.54) is 11.3 Å². The summed E-state index contributed by atoms with van der Waals surface area (Å²) >= 11 is 12.2. The van der Waals surface area contributed by atoms with Crippen molar-refractivity contribution >= 4 is 46.5 Å². The second-order valence-corrected chi connectivity index (χ2v) is 4.66. The maximum atomic E-state index is 6.15. The largest absolute Gasteiger partial charge is 0.357 e. The molecule has 0 atom stereocenters. The molecule has 1 aliphatic heterocycles. The van der Waals surface area contributed by atoms with E-state index in [2.05, 4.69) is 10.3 Å². The smallest absolute Gasteiger partial charge is 0.0662 e. The van der Waals surface area contributed by atoms with Gasteiger partial charge in [-0.05, 0) is 17.7 Å². The van der Waals surface area contributed by atoms with Crippen LogP contribution in [0, 0.1) is 0 Å². The van der Waals surface area contributed by atoms with Crippen molar-refractivity contribution in [1.82, 2.24) is 10.3 Å².